The smallest absolute Gasteiger partial charge is 0.396 e. The topological polar surface area (TPSA) is 81.6 Å². The van der Waals surface area contributed by atoms with E-state index < -0.39 is 11.9 Å². The Morgan fingerprint density at radius 1 is 1.37 bits per heavy atom. The van der Waals surface area contributed by atoms with E-state index in [0.29, 0.717) is 13.1 Å². The summed E-state index contributed by atoms with van der Waals surface area (Å²) >= 11 is 0. The zero-order chi connectivity index (χ0) is 13.9. The van der Waals surface area contributed by atoms with Crippen molar-refractivity contribution in [1.29, 1.82) is 0 Å². The molecule has 0 aliphatic heterocycles. The molecule has 0 aromatic carbocycles. The average molecular weight is 272 g/mol. The fourth-order valence-corrected chi connectivity index (χ4v) is 1.43. The third-order valence-electron chi connectivity index (χ3n) is 2.35. The molecule has 0 saturated heterocycles. The van der Waals surface area contributed by atoms with E-state index >= 15 is 0 Å². The Kier molecular flexibility index (Phi) is 3.54. The van der Waals surface area contributed by atoms with Crippen molar-refractivity contribution < 1.29 is 13.2 Å². The number of nitrogens with zero attached hydrogens (tertiary/aromatic N) is 4. The van der Waals surface area contributed by atoms with Crippen LogP contribution in [0.4, 0.5) is 24.5 Å². The number of aromatic nitrogens is 4. The Labute approximate surface area is 106 Å². The zero-order valence-corrected chi connectivity index (χ0v) is 9.72. The molecule has 19 heavy (non-hydrogen) atoms. The number of pyridine rings is 1. The largest absolute Gasteiger partial charge is 0.433 e. The van der Waals surface area contributed by atoms with Gasteiger partial charge in [-0.25, -0.2) is 4.98 Å². The summed E-state index contributed by atoms with van der Waals surface area (Å²) in [7, 11) is 0. The fraction of sp³-hybridized carbons (Fsp3) is 0.300. The third-order valence-corrected chi connectivity index (χ3v) is 2.35. The maximum atomic E-state index is 12.5. The zero-order valence-electron chi connectivity index (χ0n) is 9.72. The summed E-state index contributed by atoms with van der Waals surface area (Å²) in [6.07, 6.45) is -0.335. The molecular formula is C10H11F3N6. The van der Waals surface area contributed by atoms with E-state index in [1.54, 1.807) is 10.9 Å². The summed E-state index contributed by atoms with van der Waals surface area (Å²) < 4.78 is 39.0. The van der Waals surface area contributed by atoms with E-state index in [0.717, 1.165) is 12.3 Å². The highest BCUT2D eigenvalue weighted by Crippen LogP contribution is 2.30. The second-order valence-corrected chi connectivity index (χ2v) is 3.75. The van der Waals surface area contributed by atoms with Crippen molar-refractivity contribution >= 4 is 11.4 Å². The van der Waals surface area contributed by atoms with Crippen LogP contribution >= 0.6 is 0 Å². The van der Waals surface area contributed by atoms with Gasteiger partial charge in [0, 0.05) is 12.7 Å². The average Bonchev–Trinajstić information content (AvgIpc) is 2.83. The van der Waals surface area contributed by atoms with Crippen LogP contribution in [0.2, 0.25) is 0 Å². The van der Waals surface area contributed by atoms with Gasteiger partial charge < -0.3 is 11.1 Å². The molecule has 0 saturated carbocycles. The van der Waals surface area contributed by atoms with Crippen LogP contribution in [0.1, 0.15) is 5.69 Å². The first-order chi connectivity index (χ1) is 8.97. The van der Waals surface area contributed by atoms with Gasteiger partial charge in [0.15, 0.2) is 0 Å². The number of anilines is 2. The molecule has 0 amide bonds. The molecular weight excluding hydrogens is 261 g/mol. The molecule has 0 radical (unpaired) electrons. The minimum atomic E-state index is -4.49. The molecule has 0 spiro atoms. The summed E-state index contributed by atoms with van der Waals surface area (Å²) in [4.78, 5) is 3.25. The first-order valence-corrected chi connectivity index (χ1v) is 5.37. The summed E-state index contributed by atoms with van der Waals surface area (Å²) in [6, 6.07) is 0.886. The van der Waals surface area contributed by atoms with E-state index in [-0.39, 0.29) is 11.4 Å². The number of alkyl halides is 3. The minimum Gasteiger partial charge on any atom is -0.396 e. The van der Waals surface area contributed by atoms with Crippen LogP contribution in [0.25, 0.3) is 0 Å². The lowest BCUT2D eigenvalue weighted by atomic mass is 10.2. The summed E-state index contributed by atoms with van der Waals surface area (Å²) in [5.74, 6) is 0. The standard InChI is InChI=1S/C10H11F3N6/c11-10(12,13)9-5-8(7(14)6-16-9)15-1-3-19-4-2-17-18-19/h2,4-6H,1,3,14H2,(H,15,16). The summed E-state index contributed by atoms with van der Waals surface area (Å²) in [5.41, 5.74) is 4.94. The molecule has 0 unspecified atom stereocenters. The maximum absolute atomic E-state index is 12.5. The first kappa shape index (κ1) is 13.1. The SMILES string of the molecule is Nc1cnc(C(F)(F)F)cc1NCCn1ccnn1. The Balaban J connectivity index is 2.03. The van der Waals surface area contributed by atoms with Crippen LogP contribution in [0.5, 0.6) is 0 Å². The number of halogens is 3. The van der Waals surface area contributed by atoms with Gasteiger partial charge in [-0.3, -0.25) is 4.68 Å². The van der Waals surface area contributed by atoms with Crippen molar-refractivity contribution in [2.24, 2.45) is 0 Å². The molecule has 6 nitrogen and oxygen atoms in total. The van der Waals surface area contributed by atoms with Gasteiger partial charge in [0.1, 0.15) is 5.69 Å². The van der Waals surface area contributed by atoms with Crippen LogP contribution in [0.3, 0.4) is 0 Å². The molecule has 2 heterocycles. The van der Waals surface area contributed by atoms with Crippen molar-refractivity contribution in [3.63, 3.8) is 0 Å². The predicted molar refractivity (Wildman–Crippen MR) is 62.2 cm³/mol. The molecule has 0 fully saturated rings. The second kappa shape index (κ2) is 5.12. The Bertz CT molecular complexity index is 537. The van der Waals surface area contributed by atoms with E-state index in [9.17, 15) is 13.2 Å². The number of nitrogen functional groups attached to an aromatic ring is 1. The minimum absolute atomic E-state index is 0.159. The van der Waals surface area contributed by atoms with Crippen molar-refractivity contribution in [1.82, 2.24) is 20.0 Å². The van der Waals surface area contributed by atoms with Gasteiger partial charge in [-0.15, -0.1) is 5.10 Å². The number of hydrogen-bond acceptors (Lipinski definition) is 5. The number of rotatable bonds is 4. The van der Waals surface area contributed by atoms with Crippen molar-refractivity contribution in [3.05, 3.63) is 30.4 Å². The lowest BCUT2D eigenvalue weighted by Crippen LogP contribution is -2.14. The van der Waals surface area contributed by atoms with Gasteiger partial charge in [-0.1, -0.05) is 5.21 Å². The van der Waals surface area contributed by atoms with Crippen molar-refractivity contribution in [2.45, 2.75) is 12.7 Å². The van der Waals surface area contributed by atoms with Crippen LogP contribution in [0, 0.1) is 0 Å². The van der Waals surface area contributed by atoms with Gasteiger partial charge in [-0.2, -0.15) is 13.2 Å². The van der Waals surface area contributed by atoms with Crippen LogP contribution < -0.4 is 11.1 Å². The highest BCUT2D eigenvalue weighted by molar-refractivity contribution is 5.65. The molecule has 2 rings (SSSR count). The second-order valence-electron chi connectivity index (χ2n) is 3.75. The lowest BCUT2D eigenvalue weighted by Gasteiger charge is -2.12. The molecule has 9 heteroatoms. The molecule has 2 aromatic heterocycles. The molecule has 0 aliphatic rings. The van der Waals surface area contributed by atoms with Gasteiger partial charge >= 0.3 is 6.18 Å². The Morgan fingerprint density at radius 2 is 2.16 bits per heavy atom. The fourth-order valence-electron chi connectivity index (χ4n) is 1.43. The number of hydrogen-bond donors (Lipinski definition) is 2. The van der Waals surface area contributed by atoms with E-state index in [1.165, 1.54) is 6.20 Å². The van der Waals surface area contributed by atoms with E-state index in [2.05, 4.69) is 20.6 Å². The molecule has 0 bridgehead atoms. The quantitative estimate of drug-likeness (QED) is 0.878. The highest BCUT2D eigenvalue weighted by atomic mass is 19.4. The van der Waals surface area contributed by atoms with E-state index in [4.69, 9.17) is 5.73 Å². The summed E-state index contributed by atoms with van der Waals surface area (Å²) in [5, 5.41) is 10.2. The van der Waals surface area contributed by atoms with Gasteiger partial charge in [0.25, 0.3) is 0 Å². The lowest BCUT2D eigenvalue weighted by molar-refractivity contribution is -0.141. The van der Waals surface area contributed by atoms with Gasteiger partial charge in [0.2, 0.25) is 0 Å². The molecule has 3 N–H and O–H groups in total. The molecule has 2 aromatic rings. The van der Waals surface area contributed by atoms with Crippen LogP contribution in [0.15, 0.2) is 24.7 Å². The van der Waals surface area contributed by atoms with Crippen molar-refractivity contribution in [2.75, 3.05) is 17.6 Å². The predicted octanol–water partition coefficient (Wildman–Crippen LogP) is 1.39. The monoisotopic (exact) mass is 272 g/mol. The third kappa shape index (κ3) is 3.33. The van der Waals surface area contributed by atoms with Crippen LogP contribution in [-0.4, -0.2) is 26.5 Å². The highest BCUT2D eigenvalue weighted by Gasteiger charge is 2.32. The molecule has 0 atom stereocenters. The number of nitrogens with one attached hydrogen (secondary N) is 1. The van der Waals surface area contributed by atoms with Gasteiger partial charge in [0.05, 0.1) is 30.3 Å². The van der Waals surface area contributed by atoms with Crippen molar-refractivity contribution in [3.8, 4) is 0 Å². The van der Waals surface area contributed by atoms with E-state index in [1.807, 2.05) is 0 Å². The maximum Gasteiger partial charge on any atom is 0.433 e. The molecule has 0 aliphatic carbocycles. The van der Waals surface area contributed by atoms with Gasteiger partial charge in [-0.05, 0) is 6.07 Å². The first-order valence-electron chi connectivity index (χ1n) is 5.37. The normalized spacial score (nSPS) is 11.5. The molecule has 102 valence electrons. The van der Waals surface area contributed by atoms with Crippen LogP contribution in [-0.2, 0) is 12.7 Å². The summed E-state index contributed by atoms with van der Waals surface area (Å²) in [6.45, 7) is 0.831. The Hall–Kier alpha value is -2.32. The Morgan fingerprint density at radius 3 is 2.79 bits per heavy atom. The number of nitrogens with two attached hydrogens (primary N) is 1.